The van der Waals surface area contributed by atoms with Gasteiger partial charge in [-0.25, -0.2) is 13.4 Å². The van der Waals surface area contributed by atoms with Crippen molar-refractivity contribution in [3.05, 3.63) is 24.2 Å². The van der Waals surface area contributed by atoms with Crippen molar-refractivity contribution in [2.24, 2.45) is 0 Å². The fourth-order valence-electron chi connectivity index (χ4n) is 3.36. The molecule has 4 rings (SSSR count). The SMILES string of the molecule is COC[C@H](C)n1c(C#N)cc2cnc(Nc3cn(CS(C)(=O)=O)nc3OC3COC3)nc21. The Labute approximate surface area is 184 Å². The molecule has 1 aliphatic rings. The van der Waals surface area contributed by atoms with Gasteiger partial charge in [0.1, 0.15) is 35.1 Å². The van der Waals surface area contributed by atoms with Crippen molar-refractivity contribution in [3.63, 3.8) is 0 Å². The quantitative estimate of drug-likeness (QED) is 0.493. The van der Waals surface area contributed by atoms with E-state index in [1.165, 1.54) is 10.9 Å². The van der Waals surface area contributed by atoms with E-state index in [4.69, 9.17) is 14.2 Å². The normalized spacial score (nSPS) is 15.3. The molecule has 170 valence electrons. The van der Waals surface area contributed by atoms with Crippen molar-refractivity contribution in [2.45, 2.75) is 24.9 Å². The third-order valence-corrected chi connectivity index (χ3v) is 5.50. The predicted octanol–water partition coefficient (Wildman–Crippen LogP) is 1.23. The Morgan fingerprint density at radius 1 is 1.44 bits per heavy atom. The highest BCUT2D eigenvalue weighted by molar-refractivity contribution is 7.89. The molecule has 0 aliphatic carbocycles. The summed E-state index contributed by atoms with van der Waals surface area (Å²) in [6, 6.07) is 3.78. The standard InChI is InChI=1S/C19H23N7O5S/c1-12(8-29-2)26-14(5-20)4-13-6-21-19(23-17(13)26)22-16-7-25(11-32(3,27)28)24-18(16)31-15-9-30-10-15/h4,6-7,12,15H,8-11H2,1-3H3,(H,21,22,23)/t12-/m0/s1. The van der Waals surface area contributed by atoms with Gasteiger partial charge >= 0.3 is 0 Å². The van der Waals surface area contributed by atoms with Crippen LogP contribution in [0.5, 0.6) is 5.88 Å². The lowest BCUT2D eigenvalue weighted by atomic mass is 10.3. The van der Waals surface area contributed by atoms with Crippen LogP contribution in [0.4, 0.5) is 11.6 Å². The number of methoxy groups -OCH3 is 1. The third kappa shape index (κ3) is 4.67. The second kappa shape index (κ2) is 8.73. The van der Waals surface area contributed by atoms with Gasteiger partial charge in [-0.15, -0.1) is 5.10 Å². The van der Waals surface area contributed by atoms with E-state index in [1.807, 2.05) is 6.92 Å². The van der Waals surface area contributed by atoms with Crippen molar-refractivity contribution in [3.8, 4) is 11.9 Å². The molecular weight excluding hydrogens is 438 g/mol. The second-order valence-electron chi connectivity index (χ2n) is 7.63. The van der Waals surface area contributed by atoms with Crippen LogP contribution in [-0.4, -0.2) is 72.0 Å². The van der Waals surface area contributed by atoms with E-state index >= 15 is 0 Å². The van der Waals surface area contributed by atoms with Crippen LogP contribution in [0.25, 0.3) is 11.0 Å². The molecule has 1 aliphatic heterocycles. The Bertz CT molecular complexity index is 1270. The molecule has 1 atom stereocenters. The minimum atomic E-state index is -3.31. The summed E-state index contributed by atoms with van der Waals surface area (Å²) < 4.78 is 42.6. The minimum Gasteiger partial charge on any atom is -0.467 e. The number of nitrogens with zero attached hydrogens (tertiary/aromatic N) is 6. The largest absolute Gasteiger partial charge is 0.467 e. The van der Waals surface area contributed by atoms with Crippen molar-refractivity contribution in [1.82, 2.24) is 24.3 Å². The van der Waals surface area contributed by atoms with E-state index in [0.717, 1.165) is 6.26 Å². The monoisotopic (exact) mass is 461 g/mol. The first-order valence-corrected chi connectivity index (χ1v) is 11.9. The molecule has 0 saturated carbocycles. The molecule has 12 nitrogen and oxygen atoms in total. The lowest BCUT2D eigenvalue weighted by Gasteiger charge is -2.25. The Balaban J connectivity index is 1.69. The van der Waals surface area contributed by atoms with Crippen LogP contribution in [0, 0.1) is 11.3 Å². The van der Waals surface area contributed by atoms with Crippen LogP contribution in [-0.2, 0) is 25.2 Å². The molecule has 0 amide bonds. The molecule has 1 fully saturated rings. The fraction of sp³-hybridized carbons (Fsp3) is 0.474. The fourth-order valence-corrected chi connectivity index (χ4v) is 3.97. The highest BCUT2D eigenvalue weighted by Crippen LogP contribution is 2.29. The van der Waals surface area contributed by atoms with Crippen molar-refractivity contribution in [2.75, 3.05) is 38.5 Å². The summed E-state index contributed by atoms with van der Waals surface area (Å²) >= 11 is 0. The molecular formula is C19H23N7O5S. The molecule has 3 aromatic heterocycles. The summed E-state index contributed by atoms with van der Waals surface area (Å²) in [5.41, 5.74) is 1.44. The van der Waals surface area contributed by atoms with Crippen molar-refractivity contribution < 1.29 is 22.6 Å². The molecule has 13 heteroatoms. The molecule has 1 N–H and O–H groups in total. The van der Waals surface area contributed by atoms with Gasteiger partial charge in [0.05, 0.1) is 32.1 Å². The van der Waals surface area contributed by atoms with Crippen LogP contribution in [0.3, 0.4) is 0 Å². The molecule has 0 bridgehead atoms. The van der Waals surface area contributed by atoms with Crippen LogP contribution in [0.15, 0.2) is 18.5 Å². The van der Waals surface area contributed by atoms with E-state index in [0.29, 0.717) is 42.2 Å². The average Bonchev–Trinajstić information content (AvgIpc) is 3.23. The Hall–Kier alpha value is -3.21. The van der Waals surface area contributed by atoms with Crippen LogP contribution in [0.1, 0.15) is 18.7 Å². The topological polar surface area (TPSA) is 146 Å². The van der Waals surface area contributed by atoms with Gasteiger partial charge in [0.25, 0.3) is 5.88 Å². The molecule has 3 aromatic rings. The Kier molecular flexibility index (Phi) is 6.00. The molecule has 0 aromatic carbocycles. The number of rotatable bonds is 9. The zero-order valence-electron chi connectivity index (χ0n) is 17.8. The second-order valence-corrected chi connectivity index (χ2v) is 9.74. The maximum absolute atomic E-state index is 11.7. The number of anilines is 2. The van der Waals surface area contributed by atoms with E-state index < -0.39 is 9.84 Å². The Morgan fingerprint density at radius 2 is 2.22 bits per heavy atom. The van der Waals surface area contributed by atoms with Gasteiger partial charge in [-0.1, -0.05) is 0 Å². The van der Waals surface area contributed by atoms with E-state index in [1.54, 1.807) is 23.9 Å². The Morgan fingerprint density at radius 3 is 2.84 bits per heavy atom. The summed E-state index contributed by atoms with van der Waals surface area (Å²) in [4.78, 5) is 8.90. The van der Waals surface area contributed by atoms with Gasteiger partial charge in [0, 0.05) is 24.9 Å². The number of fused-ring (bicyclic) bond motifs is 1. The van der Waals surface area contributed by atoms with E-state index in [2.05, 4.69) is 26.5 Å². The smallest absolute Gasteiger partial charge is 0.257 e. The zero-order valence-corrected chi connectivity index (χ0v) is 18.7. The van der Waals surface area contributed by atoms with Crippen LogP contribution < -0.4 is 10.1 Å². The maximum atomic E-state index is 11.7. The number of hydrogen-bond donors (Lipinski definition) is 1. The lowest BCUT2D eigenvalue weighted by Crippen LogP contribution is -2.38. The number of aromatic nitrogens is 5. The van der Waals surface area contributed by atoms with Gasteiger partial charge < -0.3 is 24.1 Å². The number of hydrogen-bond acceptors (Lipinski definition) is 10. The summed E-state index contributed by atoms with van der Waals surface area (Å²) in [6.07, 6.45) is 4.10. The first-order chi connectivity index (χ1) is 15.3. The summed E-state index contributed by atoms with van der Waals surface area (Å²) in [7, 11) is -1.71. The highest BCUT2D eigenvalue weighted by Gasteiger charge is 2.24. The number of nitriles is 1. The molecule has 0 spiro atoms. The summed E-state index contributed by atoms with van der Waals surface area (Å²) in [6.45, 7) is 3.21. The van der Waals surface area contributed by atoms with E-state index in [-0.39, 0.29) is 29.9 Å². The zero-order chi connectivity index (χ0) is 22.9. The average molecular weight is 462 g/mol. The molecule has 0 unspecified atom stereocenters. The lowest BCUT2D eigenvalue weighted by molar-refractivity contribution is -0.0812. The number of nitrogens with one attached hydrogen (secondary N) is 1. The van der Waals surface area contributed by atoms with Gasteiger partial charge in [-0.3, -0.25) is 4.68 Å². The van der Waals surface area contributed by atoms with Gasteiger partial charge in [-0.05, 0) is 13.0 Å². The minimum absolute atomic E-state index is 0.120. The number of sulfone groups is 1. The molecule has 1 saturated heterocycles. The van der Waals surface area contributed by atoms with Crippen LogP contribution >= 0.6 is 0 Å². The summed E-state index contributed by atoms with van der Waals surface area (Å²) in [5, 5.41) is 17.5. The molecule has 32 heavy (non-hydrogen) atoms. The highest BCUT2D eigenvalue weighted by atomic mass is 32.2. The van der Waals surface area contributed by atoms with Crippen molar-refractivity contribution in [1.29, 1.82) is 5.26 Å². The third-order valence-electron chi connectivity index (χ3n) is 4.77. The van der Waals surface area contributed by atoms with Crippen molar-refractivity contribution >= 4 is 32.5 Å². The predicted molar refractivity (Wildman–Crippen MR) is 114 cm³/mol. The van der Waals surface area contributed by atoms with Gasteiger partial charge in [-0.2, -0.15) is 10.2 Å². The maximum Gasteiger partial charge on any atom is 0.257 e. The molecule has 0 radical (unpaired) electrons. The van der Waals surface area contributed by atoms with E-state index in [9.17, 15) is 13.7 Å². The first-order valence-electron chi connectivity index (χ1n) is 9.81. The number of ether oxygens (including phenoxy) is 3. The first kappa shape index (κ1) is 22.0. The summed E-state index contributed by atoms with van der Waals surface area (Å²) in [5.74, 6) is 0.181. The van der Waals surface area contributed by atoms with Gasteiger partial charge in [0.2, 0.25) is 5.95 Å². The van der Waals surface area contributed by atoms with Crippen LogP contribution in [0.2, 0.25) is 0 Å². The van der Waals surface area contributed by atoms with Gasteiger partial charge in [0.15, 0.2) is 9.84 Å². The molecule has 4 heterocycles.